The Hall–Kier alpha value is -2.86. The van der Waals surface area contributed by atoms with Crippen molar-refractivity contribution in [1.29, 1.82) is 0 Å². The van der Waals surface area contributed by atoms with Crippen molar-refractivity contribution in [3.05, 3.63) is 54.1 Å². The summed E-state index contributed by atoms with van der Waals surface area (Å²) in [6.07, 6.45) is 3.15. The SMILES string of the molecule is NC(=O)c1ccccc1Oc1ccc(NC(=O)C2CC23CCNCC3)cc1. The van der Waals surface area contributed by atoms with E-state index in [0.717, 1.165) is 38.0 Å². The van der Waals surface area contributed by atoms with Gasteiger partial charge in [-0.3, -0.25) is 9.59 Å². The van der Waals surface area contributed by atoms with Crippen LogP contribution in [0.3, 0.4) is 0 Å². The highest BCUT2D eigenvalue weighted by atomic mass is 16.5. The molecule has 4 N–H and O–H groups in total. The number of primary amides is 1. The molecule has 1 unspecified atom stereocenters. The predicted molar refractivity (Wildman–Crippen MR) is 103 cm³/mol. The third-order valence-electron chi connectivity index (χ3n) is 5.61. The second kappa shape index (κ2) is 7.04. The number of carbonyl (C=O) groups excluding carboxylic acids is 2. The summed E-state index contributed by atoms with van der Waals surface area (Å²) in [6.45, 7) is 2.01. The third kappa shape index (κ3) is 3.66. The average Bonchev–Trinajstić information content (AvgIpc) is 3.37. The summed E-state index contributed by atoms with van der Waals surface area (Å²) in [6, 6.07) is 14.0. The number of nitrogens with one attached hydrogen (secondary N) is 2. The van der Waals surface area contributed by atoms with Crippen molar-refractivity contribution in [2.45, 2.75) is 19.3 Å². The largest absolute Gasteiger partial charge is 0.457 e. The van der Waals surface area contributed by atoms with Gasteiger partial charge in [-0.2, -0.15) is 0 Å². The van der Waals surface area contributed by atoms with Gasteiger partial charge < -0.3 is 21.1 Å². The van der Waals surface area contributed by atoms with Crippen molar-refractivity contribution in [1.82, 2.24) is 5.32 Å². The second-order valence-corrected chi connectivity index (χ2v) is 7.35. The van der Waals surface area contributed by atoms with Gasteiger partial charge in [-0.05, 0) is 74.2 Å². The first-order chi connectivity index (χ1) is 13.1. The number of hydrogen-bond acceptors (Lipinski definition) is 4. The summed E-state index contributed by atoms with van der Waals surface area (Å²) >= 11 is 0. The zero-order valence-corrected chi connectivity index (χ0v) is 15.0. The Labute approximate surface area is 158 Å². The number of para-hydroxylation sites is 1. The molecule has 6 heteroatoms. The summed E-state index contributed by atoms with van der Waals surface area (Å²) in [7, 11) is 0. The molecule has 6 nitrogen and oxygen atoms in total. The Balaban J connectivity index is 1.38. The average molecular weight is 365 g/mol. The summed E-state index contributed by atoms with van der Waals surface area (Å²) in [5.74, 6) is 0.670. The molecule has 140 valence electrons. The molecular weight excluding hydrogens is 342 g/mol. The van der Waals surface area contributed by atoms with Crippen LogP contribution in [0.15, 0.2) is 48.5 Å². The van der Waals surface area contributed by atoms with Crippen LogP contribution in [0.1, 0.15) is 29.6 Å². The molecular formula is C21H23N3O3. The zero-order valence-electron chi connectivity index (χ0n) is 15.0. The maximum atomic E-state index is 12.5. The number of carbonyl (C=O) groups is 2. The molecule has 4 rings (SSSR count). The van der Waals surface area contributed by atoms with Crippen LogP contribution in [-0.2, 0) is 4.79 Å². The van der Waals surface area contributed by atoms with E-state index in [-0.39, 0.29) is 17.2 Å². The second-order valence-electron chi connectivity index (χ2n) is 7.35. The first-order valence-electron chi connectivity index (χ1n) is 9.26. The van der Waals surface area contributed by atoms with Crippen LogP contribution in [0.2, 0.25) is 0 Å². The highest BCUT2D eigenvalue weighted by Crippen LogP contribution is 2.58. The van der Waals surface area contributed by atoms with E-state index < -0.39 is 5.91 Å². The first-order valence-corrected chi connectivity index (χ1v) is 9.26. The van der Waals surface area contributed by atoms with E-state index in [9.17, 15) is 9.59 Å². The lowest BCUT2D eigenvalue weighted by molar-refractivity contribution is -0.118. The summed E-state index contributed by atoms with van der Waals surface area (Å²) < 4.78 is 5.76. The van der Waals surface area contributed by atoms with Gasteiger partial charge in [-0.1, -0.05) is 12.1 Å². The number of nitrogens with two attached hydrogens (primary N) is 1. The molecule has 1 saturated carbocycles. The van der Waals surface area contributed by atoms with Gasteiger partial charge in [-0.25, -0.2) is 0 Å². The molecule has 0 aromatic heterocycles. The number of amides is 2. The van der Waals surface area contributed by atoms with E-state index in [1.54, 1.807) is 48.5 Å². The predicted octanol–water partition coefficient (Wildman–Crippen LogP) is 2.91. The van der Waals surface area contributed by atoms with Crippen molar-refractivity contribution < 1.29 is 14.3 Å². The molecule has 2 aliphatic rings. The maximum Gasteiger partial charge on any atom is 0.252 e. The summed E-state index contributed by atoms with van der Waals surface area (Å²) in [5, 5.41) is 6.36. The summed E-state index contributed by atoms with van der Waals surface area (Å²) in [5.41, 5.74) is 6.66. The zero-order chi connectivity index (χ0) is 18.9. The normalized spacial score (nSPS) is 20.1. The van der Waals surface area contributed by atoms with Gasteiger partial charge >= 0.3 is 0 Å². The van der Waals surface area contributed by atoms with Gasteiger partial charge in [0, 0.05) is 11.6 Å². The maximum absolute atomic E-state index is 12.5. The molecule has 2 amide bonds. The molecule has 2 aromatic rings. The molecule has 1 aliphatic carbocycles. The molecule has 1 aliphatic heterocycles. The summed E-state index contributed by atoms with van der Waals surface area (Å²) in [4.78, 5) is 24.0. The molecule has 1 saturated heterocycles. The highest BCUT2D eigenvalue weighted by Gasteiger charge is 2.57. The van der Waals surface area contributed by atoms with Crippen molar-refractivity contribution in [2.75, 3.05) is 18.4 Å². The fourth-order valence-corrected chi connectivity index (χ4v) is 3.92. The Bertz CT molecular complexity index is 857. The van der Waals surface area contributed by atoms with Crippen LogP contribution in [0, 0.1) is 11.3 Å². The van der Waals surface area contributed by atoms with E-state index in [1.807, 2.05) is 0 Å². The third-order valence-corrected chi connectivity index (χ3v) is 5.61. The van der Waals surface area contributed by atoms with Crippen LogP contribution in [0.5, 0.6) is 11.5 Å². The minimum atomic E-state index is -0.536. The van der Waals surface area contributed by atoms with Crippen LogP contribution >= 0.6 is 0 Å². The Morgan fingerprint density at radius 1 is 1.07 bits per heavy atom. The fraction of sp³-hybridized carbons (Fsp3) is 0.333. The minimum absolute atomic E-state index is 0.102. The van der Waals surface area contributed by atoms with Crippen LogP contribution in [-0.4, -0.2) is 24.9 Å². The molecule has 2 aromatic carbocycles. The molecule has 1 heterocycles. The van der Waals surface area contributed by atoms with Gasteiger partial charge in [0.15, 0.2) is 0 Å². The fourth-order valence-electron chi connectivity index (χ4n) is 3.92. The molecule has 0 radical (unpaired) electrons. The van der Waals surface area contributed by atoms with Gasteiger partial charge in [0.05, 0.1) is 5.56 Å². The smallest absolute Gasteiger partial charge is 0.252 e. The topological polar surface area (TPSA) is 93.5 Å². The molecule has 2 fully saturated rings. The first kappa shape index (κ1) is 17.5. The lowest BCUT2D eigenvalue weighted by Crippen LogP contribution is -2.31. The Morgan fingerprint density at radius 2 is 1.78 bits per heavy atom. The number of ether oxygens (including phenoxy) is 1. The number of anilines is 1. The standard InChI is InChI=1S/C21H23N3O3/c22-19(25)16-3-1-2-4-18(16)27-15-7-5-14(6-8-15)24-20(26)17-13-21(17)9-11-23-12-10-21/h1-8,17,23H,9-13H2,(H2,22,25)(H,24,26). The number of benzene rings is 2. The molecule has 0 bridgehead atoms. The van der Waals surface area contributed by atoms with Gasteiger partial charge in [0.1, 0.15) is 11.5 Å². The van der Waals surface area contributed by atoms with E-state index >= 15 is 0 Å². The van der Waals surface area contributed by atoms with Crippen LogP contribution in [0.4, 0.5) is 5.69 Å². The van der Waals surface area contributed by atoms with E-state index in [2.05, 4.69) is 10.6 Å². The van der Waals surface area contributed by atoms with Crippen LogP contribution < -0.4 is 21.1 Å². The molecule has 27 heavy (non-hydrogen) atoms. The Morgan fingerprint density at radius 3 is 2.48 bits per heavy atom. The number of hydrogen-bond donors (Lipinski definition) is 3. The van der Waals surface area contributed by atoms with E-state index in [4.69, 9.17) is 10.5 Å². The van der Waals surface area contributed by atoms with Crippen molar-refractivity contribution in [3.63, 3.8) is 0 Å². The Kier molecular flexibility index (Phi) is 4.58. The molecule has 1 atom stereocenters. The quantitative estimate of drug-likeness (QED) is 0.759. The minimum Gasteiger partial charge on any atom is -0.457 e. The van der Waals surface area contributed by atoms with E-state index in [1.165, 1.54) is 0 Å². The lowest BCUT2D eigenvalue weighted by atomic mass is 9.92. The van der Waals surface area contributed by atoms with Crippen molar-refractivity contribution in [2.24, 2.45) is 17.1 Å². The van der Waals surface area contributed by atoms with Crippen molar-refractivity contribution >= 4 is 17.5 Å². The lowest BCUT2D eigenvalue weighted by Gasteiger charge is -2.23. The monoisotopic (exact) mass is 365 g/mol. The molecule has 1 spiro atoms. The van der Waals surface area contributed by atoms with Gasteiger partial charge in [-0.15, -0.1) is 0 Å². The number of rotatable bonds is 5. The van der Waals surface area contributed by atoms with Crippen molar-refractivity contribution in [3.8, 4) is 11.5 Å². The van der Waals surface area contributed by atoms with E-state index in [0.29, 0.717) is 17.1 Å². The number of piperidine rings is 1. The van der Waals surface area contributed by atoms with Gasteiger partial charge in [0.2, 0.25) is 5.91 Å². The highest BCUT2D eigenvalue weighted by molar-refractivity contribution is 5.96. The van der Waals surface area contributed by atoms with Crippen LogP contribution in [0.25, 0.3) is 0 Å². The van der Waals surface area contributed by atoms with Gasteiger partial charge in [0.25, 0.3) is 5.91 Å².